The zero-order valence-electron chi connectivity index (χ0n) is 12.9. The minimum Gasteiger partial charge on any atom is -0.462 e. The minimum absolute atomic E-state index is 0.0113. The van der Waals surface area contributed by atoms with Gasteiger partial charge in [0.2, 0.25) is 0 Å². The van der Waals surface area contributed by atoms with Crippen LogP contribution in [0.2, 0.25) is 0 Å². The minimum atomic E-state index is -0.689. The Labute approximate surface area is 131 Å². The van der Waals surface area contributed by atoms with Crippen LogP contribution in [0.4, 0.5) is 0 Å². The molecule has 7 heteroatoms. The number of rotatable bonds is 5. The van der Waals surface area contributed by atoms with Crippen LogP contribution in [0.3, 0.4) is 0 Å². The number of ketones is 1. The lowest BCUT2D eigenvalue weighted by Crippen LogP contribution is -2.15. The molecule has 0 spiro atoms. The van der Waals surface area contributed by atoms with E-state index in [1.165, 1.54) is 18.3 Å². The first-order valence-corrected chi connectivity index (χ1v) is 7.79. The second-order valence-corrected chi connectivity index (χ2v) is 5.47. The van der Waals surface area contributed by atoms with E-state index in [9.17, 15) is 14.4 Å². The van der Waals surface area contributed by atoms with Crippen molar-refractivity contribution in [3.63, 3.8) is 0 Å². The highest BCUT2D eigenvalue weighted by Crippen LogP contribution is 2.31. The topological polar surface area (TPSA) is 74.1 Å². The van der Waals surface area contributed by atoms with E-state index in [-0.39, 0.29) is 35.8 Å². The number of hydrogen-bond acceptors (Lipinski definition) is 6. The number of carbonyl (C=O) groups excluding carboxylic acids is 3. The number of nitrogens with zero attached hydrogens (tertiary/aromatic N) is 1. The predicted molar refractivity (Wildman–Crippen MR) is 81.9 cm³/mol. The van der Waals surface area contributed by atoms with Gasteiger partial charge in [0, 0.05) is 18.0 Å². The number of aryl methyl sites for hydroxylation is 1. The van der Waals surface area contributed by atoms with Crippen LogP contribution in [0.5, 0.6) is 0 Å². The van der Waals surface area contributed by atoms with E-state index in [1.807, 2.05) is 5.38 Å². The smallest absolute Gasteiger partial charge is 0.342 e. The first-order chi connectivity index (χ1) is 10.4. The van der Waals surface area contributed by atoms with E-state index < -0.39 is 11.9 Å². The van der Waals surface area contributed by atoms with Crippen LogP contribution in [-0.4, -0.2) is 35.3 Å². The third-order valence-electron chi connectivity index (χ3n) is 3.11. The Balaban J connectivity index is 2.84. The number of thiazole rings is 1. The summed E-state index contributed by atoms with van der Waals surface area (Å²) in [5.74, 6) is -1.63. The van der Waals surface area contributed by atoms with E-state index in [4.69, 9.17) is 9.47 Å². The molecule has 2 aromatic heterocycles. The molecule has 0 N–H and O–H groups in total. The molecule has 0 aliphatic heterocycles. The number of aromatic nitrogens is 1. The van der Waals surface area contributed by atoms with Crippen LogP contribution >= 0.6 is 11.3 Å². The molecule has 0 unspecified atom stereocenters. The summed E-state index contributed by atoms with van der Waals surface area (Å²) in [5.41, 5.74) is 1.02. The fourth-order valence-corrected chi connectivity index (χ4v) is 3.35. The molecule has 0 aromatic carbocycles. The number of esters is 2. The van der Waals surface area contributed by atoms with Gasteiger partial charge in [0.15, 0.2) is 5.78 Å². The summed E-state index contributed by atoms with van der Waals surface area (Å²) in [6.45, 7) is 6.84. The molecule has 0 saturated heterocycles. The highest BCUT2D eigenvalue weighted by Gasteiger charge is 2.33. The largest absolute Gasteiger partial charge is 0.462 e. The number of carbonyl (C=O) groups is 3. The van der Waals surface area contributed by atoms with Crippen molar-refractivity contribution in [2.75, 3.05) is 13.2 Å². The van der Waals surface area contributed by atoms with Crippen LogP contribution in [-0.2, 0) is 9.47 Å². The van der Waals surface area contributed by atoms with Gasteiger partial charge < -0.3 is 13.9 Å². The van der Waals surface area contributed by atoms with Gasteiger partial charge in [0.1, 0.15) is 21.7 Å². The summed E-state index contributed by atoms with van der Waals surface area (Å²) < 4.78 is 11.7. The monoisotopic (exact) mass is 323 g/mol. The van der Waals surface area contributed by atoms with Crippen molar-refractivity contribution in [1.29, 1.82) is 0 Å². The number of fused-ring (bicyclic) bond motifs is 1. The molecule has 0 atom stereocenters. The van der Waals surface area contributed by atoms with Gasteiger partial charge in [-0.05, 0) is 20.8 Å². The lowest BCUT2D eigenvalue weighted by molar-refractivity contribution is 0.0480. The Hall–Kier alpha value is -2.15. The highest BCUT2D eigenvalue weighted by molar-refractivity contribution is 7.16. The molecule has 2 rings (SSSR count). The second-order valence-electron chi connectivity index (χ2n) is 4.61. The quantitative estimate of drug-likeness (QED) is 0.625. The van der Waals surface area contributed by atoms with Gasteiger partial charge in [-0.2, -0.15) is 0 Å². The number of Topliss-reactive ketones (excluding diaryl/α,β-unsaturated/α-hetero) is 1. The van der Waals surface area contributed by atoms with Crippen molar-refractivity contribution >= 4 is 33.9 Å². The van der Waals surface area contributed by atoms with E-state index in [0.29, 0.717) is 4.83 Å². The zero-order chi connectivity index (χ0) is 16.4. The van der Waals surface area contributed by atoms with Gasteiger partial charge in [0.05, 0.1) is 13.2 Å². The van der Waals surface area contributed by atoms with Gasteiger partial charge in [0.25, 0.3) is 0 Å². The predicted octanol–water partition coefficient (Wildman–Crippen LogP) is 2.87. The molecule has 0 bridgehead atoms. The Bertz CT molecular complexity index is 756. The van der Waals surface area contributed by atoms with Crippen LogP contribution in [0.1, 0.15) is 57.7 Å². The normalized spacial score (nSPS) is 10.7. The van der Waals surface area contributed by atoms with Crippen molar-refractivity contribution in [2.45, 2.75) is 27.7 Å². The molecule has 0 radical (unpaired) electrons. The van der Waals surface area contributed by atoms with Crippen LogP contribution in [0.15, 0.2) is 5.38 Å². The number of hydrogen-bond donors (Lipinski definition) is 0. The van der Waals surface area contributed by atoms with Crippen molar-refractivity contribution in [3.05, 3.63) is 27.9 Å². The van der Waals surface area contributed by atoms with E-state index in [2.05, 4.69) is 0 Å². The summed E-state index contributed by atoms with van der Waals surface area (Å²) in [5, 5.41) is 1.82. The lowest BCUT2D eigenvalue weighted by Gasteiger charge is -2.06. The average molecular weight is 323 g/mol. The SMILES string of the molecule is CCOC(=O)c1c(C(=O)OCC)c2scc(C)n2c1C(C)=O. The van der Waals surface area contributed by atoms with Crippen molar-refractivity contribution in [2.24, 2.45) is 0 Å². The lowest BCUT2D eigenvalue weighted by atomic mass is 10.1. The van der Waals surface area contributed by atoms with Gasteiger partial charge in [-0.15, -0.1) is 11.3 Å². The van der Waals surface area contributed by atoms with Gasteiger partial charge in [-0.25, -0.2) is 9.59 Å². The maximum Gasteiger partial charge on any atom is 0.342 e. The molecule has 118 valence electrons. The Kier molecular flexibility index (Phi) is 4.65. The van der Waals surface area contributed by atoms with Gasteiger partial charge in [-0.3, -0.25) is 4.79 Å². The first kappa shape index (κ1) is 16.2. The van der Waals surface area contributed by atoms with Crippen molar-refractivity contribution < 1.29 is 23.9 Å². The summed E-state index contributed by atoms with van der Waals surface area (Å²) in [7, 11) is 0. The molecule has 0 aliphatic rings. The Morgan fingerprint density at radius 1 is 1.09 bits per heavy atom. The molecule has 0 fully saturated rings. The zero-order valence-corrected chi connectivity index (χ0v) is 13.7. The molecule has 0 aliphatic carbocycles. The summed E-state index contributed by atoms with van der Waals surface area (Å²) in [6, 6.07) is 0. The second kappa shape index (κ2) is 6.31. The van der Waals surface area contributed by atoms with Crippen LogP contribution in [0.25, 0.3) is 4.83 Å². The van der Waals surface area contributed by atoms with Crippen LogP contribution < -0.4 is 0 Å². The fourth-order valence-electron chi connectivity index (χ4n) is 2.32. The van der Waals surface area contributed by atoms with E-state index >= 15 is 0 Å². The molecule has 2 heterocycles. The van der Waals surface area contributed by atoms with Gasteiger partial charge >= 0.3 is 11.9 Å². The Morgan fingerprint density at radius 2 is 1.64 bits per heavy atom. The average Bonchev–Trinajstić information content (AvgIpc) is 2.97. The fraction of sp³-hybridized carbons (Fsp3) is 0.400. The molecule has 0 amide bonds. The first-order valence-electron chi connectivity index (χ1n) is 6.91. The molecule has 0 saturated carbocycles. The maximum absolute atomic E-state index is 12.3. The standard InChI is InChI=1S/C15H17NO5S/c1-5-20-14(18)10-11(15(19)21-6-2)13-16(8(3)7-22-13)12(10)9(4)17/h7H,5-6H2,1-4H3. The third kappa shape index (κ3) is 2.52. The maximum atomic E-state index is 12.3. The highest BCUT2D eigenvalue weighted by atomic mass is 32.1. The van der Waals surface area contributed by atoms with Gasteiger partial charge in [-0.1, -0.05) is 0 Å². The molecular weight excluding hydrogens is 306 g/mol. The molecule has 22 heavy (non-hydrogen) atoms. The molecule has 2 aromatic rings. The number of ether oxygens (including phenoxy) is 2. The van der Waals surface area contributed by atoms with E-state index in [1.54, 1.807) is 25.2 Å². The molecular formula is C15H17NO5S. The van der Waals surface area contributed by atoms with E-state index in [0.717, 1.165) is 5.69 Å². The summed E-state index contributed by atoms with van der Waals surface area (Å²) in [4.78, 5) is 37.1. The van der Waals surface area contributed by atoms with Crippen molar-refractivity contribution in [1.82, 2.24) is 4.40 Å². The van der Waals surface area contributed by atoms with Crippen LogP contribution in [0, 0.1) is 6.92 Å². The Morgan fingerprint density at radius 3 is 2.14 bits per heavy atom. The third-order valence-corrected chi connectivity index (χ3v) is 4.18. The molecule has 6 nitrogen and oxygen atoms in total. The summed E-state index contributed by atoms with van der Waals surface area (Å²) >= 11 is 1.28. The van der Waals surface area contributed by atoms with Crippen molar-refractivity contribution in [3.8, 4) is 0 Å². The summed E-state index contributed by atoms with van der Waals surface area (Å²) in [6.07, 6.45) is 0.